The van der Waals surface area contributed by atoms with Gasteiger partial charge in [0.1, 0.15) is 11.5 Å². The number of hydrogen-bond acceptors (Lipinski definition) is 6. The van der Waals surface area contributed by atoms with Gasteiger partial charge in [-0.05, 0) is 36.4 Å². The molecule has 0 aliphatic carbocycles. The van der Waals surface area contributed by atoms with Gasteiger partial charge in [0.2, 0.25) is 0 Å². The molecular weight excluding hydrogens is 464 g/mol. The van der Waals surface area contributed by atoms with E-state index in [2.05, 4.69) is 20.9 Å². The number of Topliss-reactive ketones (excluding diaryl/α,β-unsaturated/α-hetero) is 1. The van der Waals surface area contributed by atoms with Gasteiger partial charge < -0.3 is 9.64 Å². The van der Waals surface area contributed by atoms with Crippen LogP contribution in [-0.2, 0) is 6.54 Å². The van der Waals surface area contributed by atoms with Gasteiger partial charge in [0, 0.05) is 48.2 Å². The van der Waals surface area contributed by atoms with Crippen LogP contribution in [0, 0.1) is 0 Å². The Kier molecular flexibility index (Phi) is 6.16. The molecule has 1 aliphatic rings. The number of carbonyl (C=O) groups excluding carboxylic acids is 1. The molecule has 0 amide bonds. The van der Waals surface area contributed by atoms with Crippen LogP contribution in [0.15, 0.2) is 90.3 Å². The average Bonchev–Trinajstić information content (AvgIpc) is 2.86. The van der Waals surface area contributed by atoms with Crippen LogP contribution < -0.4 is 10.3 Å². The Morgan fingerprint density at radius 1 is 1.09 bits per heavy atom. The molecule has 0 saturated carbocycles. The van der Waals surface area contributed by atoms with Gasteiger partial charge >= 0.3 is 0 Å². The zero-order valence-electron chi connectivity index (χ0n) is 18.9. The number of ketones is 1. The Bertz CT molecular complexity index is 1560. The molecule has 5 rings (SSSR count). The maximum Gasteiger partial charge on any atom is 0.261 e. The Balaban J connectivity index is 1.41. The molecule has 4 aromatic rings. The predicted molar refractivity (Wildman–Crippen MR) is 136 cm³/mol. The molecule has 3 heterocycles. The Hall–Kier alpha value is -4.23. The van der Waals surface area contributed by atoms with E-state index in [0.29, 0.717) is 33.0 Å². The van der Waals surface area contributed by atoms with Crippen LogP contribution in [-0.4, -0.2) is 38.8 Å². The summed E-state index contributed by atoms with van der Waals surface area (Å²) in [7, 11) is 2.00. The number of halogens is 1. The summed E-state index contributed by atoms with van der Waals surface area (Å²) in [6.45, 7) is 0.713. The van der Waals surface area contributed by atoms with E-state index < -0.39 is 0 Å². The van der Waals surface area contributed by atoms with Gasteiger partial charge in [-0.1, -0.05) is 35.9 Å². The number of fused-ring (bicyclic) bond motifs is 1. The molecule has 174 valence electrons. The van der Waals surface area contributed by atoms with Crippen molar-refractivity contribution in [1.82, 2.24) is 19.4 Å². The molecular formula is C27H21ClN4O3. The Morgan fingerprint density at radius 3 is 2.77 bits per heavy atom. The third-order valence-corrected chi connectivity index (χ3v) is 5.80. The first-order chi connectivity index (χ1) is 17.0. The number of nitrogens with zero attached hydrogens (tertiary/aromatic N) is 4. The number of rotatable bonds is 6. The van der Waals surface area contributed by atoms with E-state index in [9.17, 15) is 9.59 Å². The summed E-state index contributed by atoms with van der Waals surface area (Å²) >= 11 is 5.99. The second kappa shape index (κ2) is 9.56. The van der Waals surface area contributed by atoms with Crippen LogP contribution in [0.4, 0.5) is 0 Å². The summed E-state index contributed by atoms with van der Waals surface area (Å²) in [5, 5.41) is 0.821. The fourth-order valence-electron chi connectivity index (χ4n) is 3.82. The molecule has 0 unspecified atom stereocenters. The molecule has 1 aliphatic heterocycles. The lowest BCUT2D eigenvalue weighted by Gasteiger charge is -2.17. The highest BCUT2D eigenvalue weighted by molar-refractivity contribution is 6.31. The summed E-state index contributed by atoms with van der Waals surface area (Å²) in [6, 6.07) is 15.4. The molecule has 2 aromatic heterocycles. The molecule has 35 heavy (non-hydrogen) atoms. The second-order valence-electron chi connectivity index (χ2n) is 8.20. The van der Waals surface area contributed by atoms with Gasteiger partial charge in [-0.3, -0.25) is 19.1 Å². The van der Waals surface area contributed by atoms with Crippen molar-refractivity contribution >= 4 is 33.9 Å². The third-order valence-electron chi connectivity index (χ3n) is 5.57. The van der Waals surface area contributed by atoms with E-state index in [1.807, 2.05) is 25.4 Å². The minimum Gasteiger partial charge on any atom is -0.457 e. The van der Waals surface area contributed by atoms with Crippen molar-refractivity contribution in [1.29, 1.82) is 0 Å². The van der Waals surface area contributed by atoms with Crippen molar-refractivity contribution in [2.24, 2.45) is 0 Å². The van der Waals surface area contributed by atoms with Gasteiger partial charge in [0.05, 0.1) is 29.5 Å². The molecule has 0 N–H and O–H groups in total. The van der Waals surface area contributed by atoms with Crippen LogP contribution in [0.1, 0.15) is 16.1 Å². The van der Waals surface area contributed by atoms with E-state index >= 15 is 0 Å². The highest BCUT2D eigenvalue weighted by Crippen LogP contribution is 2.26. The predicted octanol–water partition coefficient (Wildman–Crippen LogP) is 4.96. The van der Waals surface area contributed by atoms with Gasteiger partial charge in [0.15, 0.2) is 5.78 Å². The monoisotopic (exact) mass is 484 g/mol. The van der Waals surface area contributed by atoms with Crippen molar-refractivity contribution in [2.75, 3.05) is 13.6 Å². The fourth-order valence-corrected chi connectivity index (χ4v) is 4.01. The van der Waals surface area contributed by atoms with Crippen molar-refractivity contribution in [3.05, 3.63) is 112 Å². The molecule has 2 aromatic carbocycles. The molecule has 8 heteroatoms. The number of pyridine rings is 1. The smallest absolute Gasteiger partial charge is 0.261 e. The maximum absolute atomic E-state index is 13.1. The summed E-state index contributed by atoms with van der Waals surface area (Å²) in [4.78, 5) is 36.6. The van der Waals surface area contributed by atoms with E-state index in [-0.39, 0.29) is 17.9 Å². The standard InChI is InChI=1S/C27H21ClN4O3/c1-31-11-3-5-19(15-31)25-14-22(9-10-29-25)35-21-7-8-24-23(13-21)27(34)32(17-30-24)16-26(33)18-4-2-6-20(28)12-18/h2-10,12-15,17H,11,16H2,1H3. The first-order valence-electron chi connectivity index (χ1n) is 11.0. The third kappa shape index (κ3) is 5.00. The Morgan fingerprint density at radius 2 is 1.94 bits per heavy atom. The molecule has 0 bridgehead atoms. The van der Waals surface area contributed by atoms with E-state index in [1.165, 1.54) is 10.9 Å². The lowest BCUT2D eigenvalue weighted by Crippen LogP contribution is -2.24. The fraction of sp³-hybridized carbons (Fsp3) is 0.111. The number of allylic oxidation sites excluding steroid dienone is 2. The summed E-state index contributed by atoms with van der Waals surface area (Å²) in [5.41, 5.74) is 2.40. The zero-order valence-corrected chi connectivity index (χ0v) is 19.6. The SMILES string of the molecule is CN1C=C(c2cc(Oc3ccc4ncn(CC(=O)c5cccc(Cl)c5)c(=O)c4c3)ccn2)C=CC1. The van der Waals surface area contributed by atoms with E-state index in [1.54, 1.807) is 54.7 Å². The zero-order chi connectivity index (χ0) is 24.4. The quantitative estimate of drug-likeness (QED) is 0.360. The maximum atomic E-state index is 13.1. The number of likely N-dealkylation sites (N-methyl/N-ethyl adjacent to an activating group) is 1. The summed E-state index contributed by atoms with van der Waals surface area (Å²) in [5.74, 6) is 0.846. The Labute approximate surface area is 206 Å². The van der Waals surface area contributed by atoms with Gasteiger partial charge in [-0.15, -0.1) is 0 Å². The van der Waals surface area contributed by atoms with Crippen LogP contribution in [0.25, 0.3) is 16.5 Å². The first kappa shape index (κ1) is 22.6. The van der Waals surface area contributed by atoms with Crippen molar-refractivity contribution < 1.29 is 9.53 Å². The number of hydrogen-bond donors (Lipinski definition) is 0. The van der Waals surface area contributed by atoms with Gasteiger partial charge in [0.25, 0.3) is 5.56 Å². The van der Waals surface area contributed by atoms with Crippen LogP contribution in [0.3, 0.4) is 0 Å². The minimum atomic E-state index is -0.327. The molecule has 0 spiro atoms. The minimum absolute atomic E-state index is 0.141. The second-order valence-corrected chi connectivity index (χ2v) is 8.63. The highest BCUT2D eigenvalue weighted by atomic mass is 35.5. The molecule has 7 nitrogen and oxygen atoms in total. The van der Waals surface area contributed by atoms with Crippen LogP contribution >= 0.6 is 11.6 Å². The van der Waals surface area contributed by atoms with Crippen LogP contribution in [0.2, 0.25) is 5.02 Å². The number of carbonyl (C=O) groups is 1. The molecule has 0 saturated heterocycles. The summed E-state index contributed by atoms with van der Waals surface area (Å²) in [6.07, 6.45) is 9.20. The van der Waals surface area contributed by atoms with E-state index in [0.717, 1.165) is 17.8 Å². The van der Waals surface area contributed by atoms with E-state index in [4.69, 9.17) is 16.3 Å². The largest absolute Gasteiger partial charge is 0.457 e. The number of benzene rings is 2. The topological polar surface area (TPSA) is 77.3 Å². The molecule has 0 radical (unpaired) electrons. The molecule has 0 fully saturated rings. The van der Waals surface area contributed by atoms with Gasteiger partial charge in [-0.25, -0.2) is 4.98 Å². The number of aromatic nitrogens is 3. The first-order valence-corrected chi connectivity index (χ1v) is 11.3. The number of ether oxygens (including phenoxy) is 1. The normalized spacial score (nSPS) is 13.1. The van der Waals surface area contributed by atoms with Crippen LogP contribution in [0.5, 0.6) is 11.5 Å². The lowest BCUT2D eigenvalue weighted by atomic mass is 10.1. The van der Waals surface area contributed by atoms with Crippen molar-refractivity contribution in [3.8, 4) is 11.5 Å². The van der Waals surface area contributed by atoms with Gasteiger partial charge in [-0.2, -0.15) is 0 Å². The average molecular weight is 485 g/mol. The molecule has 0 atom stereocenters. The highest BCUT2D eigenvalue weighted by Gasteiger charge is 2.12. The summed E-state index contributed by atoms with van der Waals surface area (Å²) < 4.78 is 7.33. The lowest BCUT2D eigenvalue weighted by molar-refractivity contribution is 0.0970. The van der Waals surface area contributed by atoms with Crippen molar-refractivity contribution in [2.45, 2.75) is 6.54 Å². The van der Waals surface area contributed by atoms with Crippen molar-refractivity contribution in [3.63, 3.8) is 0 Å².